The largest absolute Gasteiger partial charge is 0.355 e. The van der Waals surface area contributed by atoms with Gasteiger partial charge >= 0.3 is 0 Å². The molecule has 5 nitrogen and oxygen atoms in total. The number of anilines is 1. The molecule has 2 aromatic rings. The molecule has 1 amide bonds. The van der Waals surface area contributed by atoms with Gasteiger partial charge in [-0.25, -0.2) is 8.42 Å². The summed E-state index contributed by atoms with van der Waals surface area (Å²) in [7, 11) is -3.84. The minimum absolute atomic E-state index is 0.166. The fourth-order valence-electron chi connectivity index (χ4n) is 2.48. The van der Waals surface area contributed by atoms with Crippen LogP contribution < -0.4 is 9.62 Å². The average Bonchev–Trinajstić information content (AvgIpc) is 2.61. The van der Waals surface area contributed by atoms with E-state index >= 15 is 0 Å². The quantitative estimate of drug-likeness (QED) is 0.825. The van der Waals surface area contributed by atoms with E-state index in [1.54, 1.807) is 30.3 Å². The standard InChI is InChI=1S/C19H24N2O3S/c1-4-13-20-19(22)14-21(18-12-8-9-15(2)16(18)3)25(23,24)17-10-6-5-7-11-17/h5-12H,4,13-14H2,1-3H3,(H,20,22). The Hall–Kier alpha value is -2.34. The topological polar surface area (TPSA) is 66.5 Å². The minimum Gasteiger partial charge on any atom is -0.355 e. The highest BCUT2D eigenvalue weighted by Crippen LogP contribution is 2.28. The second kappa shape index (κ2) is 8.16. The van der Waals surface area contributed by atoms with Crippen molar-refractivity contribution < 1.29 is 13.2 Å². The van der Waals surface area contributed by atoms with Crippen LogP contribution in [0.25, 0.3) is 0 Å². The van der Waals surface area contributed by atoms with Crippen molar-refractivity contribution in [2.75, 3.05) is 17.4 Å². The molecular formula is C19H24N2O3S. The SMILES string of the molecule is CCCNC(=O)CN(c1cccc(C)c1C)S(=O)(=O)c1ccccc1. The third-order valence-corrected chi connectivity index (χ3v) is 5.81. The molecule has 0 aliphatic heterocycles. The predicted molar refractivity (Wildman–Crippen MR) is 100 cm³/mol. The number of nitrogens with one attached hydrogen (secondary N) is 1. The van der Waals surface area contributed by atoms with Crippen molar-refractivity contribution in [1.82, 2.24) is 5.32 Å². The molecule has 0 unspecified atom stereocenters. The third-order valence-electron chi connectivity index (χ3n) is 4.04. The molecule has 0 saturated heterocycles. The zero-order chi connectivity index (χ0) is 18.4. The Bertz CT molecular complexity index is 833. The van der Waals surface area contributed by atoms with E-state index in [9.17, 15) is 13.2 Å². The van der Waals surface area contributed by atoms with Crippen LogP contribution in [-0.2, 0) is 14.8 Å². The summed E-state index contributed by atoms with van der Waals surface area (Å²) >= 11 is 0. The Morgan fingerprint density at radius 3 is 2.36 bits per heavy atom. The van der Waals surface area contributed by atoms with Crippen molar-refractivity contribution in [2.24, 2.45) is 0 Å². The van der Waals surface area contributed by atoms with Gasteiger partial charge in [0.1, 0.15) is 6.54 Å². The first kappa shape index (κ1) is 19.0. The number of carbonyl (C=O) groups is 1. The van der Waals surface area contributed by atoms with Gasteiger partial charge in [-0.05, 0) is 49.6 Å². The molecule has 0 atom stereocenters. The molecule has 0 spiro atoms. The number of hydrogen-bond donors (Lipinski definition) is 1. The smallest absolute Gasteiger partial charge is 0.264 e. The van der Waals surface area contributed by atoms with Gasteiger partial charge in [-0.1, -0.05) is 37.3 Å². The number of amides is 1. The molecule has 0 heterocycles. The molecule has 0 bridgehead atoms. The summed E-state index contributed by atoms with van der Waals surface area (Å²) in [6.07, 6.45) is 0.792. The Balaban J connectivity index is 2.49. The molecule has 2 rings (SSSR count). The lowest BCUT2D eigenvalue weighted by molar-refractivity contribution is -0.119. The molecule has 1 N–H and O–H groups in total. The van der Waals surface area contributed by atoms with Crippen molar-refractivity contribution in [2.45, 2.75) is 32.1 Å². The van der Waals surface area contributed by atoms with E-state index in [-0.39, 0.29) is 17.3 Å². The van der Waals surface area contributed by atoms with Crippen molar-refractivity contribution >= 4 is 21.6 Å². The summed E-state index contributed by atoms with van der Waals surface area (Å²) in [4.78, 5) is 12.4. The van der Waals surface area contributed by atoms with Gasteiger partial charge in [-0.2, -0.15) is 0 Å². The highest BCUT2D eigenvalue weighted by Gasteiger charge is 2.28. The van der Waals surface area contributed by atoms with Crippen LogP contribution in [0.15, 0.2) is 53.4 Å². The Labute approximate surface area is 149 Å². The highest BCUT2D eigenvalue weighted by molar-refractivity contribution is 7.92. The normalized spacial score (nSPS) is 11.2. The van der Waals surface area contributed by atoms with Gasteiger partial charge in [0.15, 0.2) is 0 Å². The van der Waals surface area contributed by atoms with E-state index in [0.717, 1.165) is 17.5 Å². The van der Waals surface area contributed by atoms with Gasteiger partial charge in [0.25, 0.3) is 10.0 Å². The number of benzene rings is 2. The fraction of sp³-hybridized carbons (Fsp3) is 0.316. The summed E-state index contributed by atoms with van der Waals surface area (Å²) < 4.78 is 27.5. The molecule has 0 saturated carbocycles. The van der Waals surface area contributed by atoms with Crippen molar-refractivity contribution in [3.05, 3.63) is 59.7 Å². The zero-order valence-electron chi connectivity index (χ0n) is 14.8. The summed E-state index contributed by atoms with van der Waals surface area (Å²) in [5.74, 6) is -0.317. The monoisotopic (exact) mass is 360 g/mol. The number of sulfonamides is 1. The summed E-state index contributed by atoms with van der Waals surface area (Å²) in [6.45, 7) is 6.00. The Morgan fingerprint density at radius 2 is 1.72 bits per heavy atom. The first-order valence-electron chi connectivity index (χ1n) is 8.28. The lowest BCUT2D eigenvalue weighted by Gasteiger charge is -2.26. The van der Waals surface area contributed by atoms with Crippen LogP contribution in [0.2, 0.25) is 0 Å². The molecule has 0 radical (unpaired) electrons. The van der Waals surface area contributed by atoms with Crippen LogP contribution in [0.3, 0.4) is 0 Å². The molecule has 6 heteroatoms. The molecule has 2 aromatic carbocycles. The van der Waals surface area contributed by atoms with E-state index in [4.69, 9.17) is 0 Å². The van der Waals surface area contributed by atoms with Crippen LogP contribution in [0.1, 0.15) is 24.5 Å². The summed E-state index contributed by atoms with van der Waals surface area (Å²) in [5.41, 5.74) is 2.33. The van der Waals surface area contributed by atoms with Gasteiger partial charge in [0.2, 0.25) is 5.91 Å². The van der Waals surface area contributed by atoms with Gasteiger partial charge < -0.3 is 5.32 Å². The number of carbonyl (C=O) groups excluding carboxylic acids is 1. The predicted octanol–water partition coefficient (Wildman–Crippen LogP) is 3.02. The first-order chi connectivity index (χ1) is 11.9. The Kier molecular flexibility index (Phi) is 6.20. The molecule has 0 fully saturated rings. The maximum Gasteiger partial charge on any atom is 0.264 e. The number of hydrogen-bond acceptors (Lipinski definition) is 3. The van der Waals surface area contributed by atoms with Gasteiger partial charge in [-0.3, -0.25) is 9.10 Å². The van der Waals surface area contributed by atoms with E-state index in [1.807, 2.05) is 26.8 Å². The van der Waals surface area contributed by atoms with Crippen LogP contribution in [0, 0.1) is 13.8 Å². The van der Waals surface area contributed by atoms with Crippen LogP contribution in [0.4, 0.5) is 5.69 Å². The van der Waals surface area contributed by atoms with Crippen molar-refractivity contribution in [1.29, 1.82) is 0 Å². The Morgan fingerprint density at radius 1 is 1.04 bits per heavy atom. The molecule has 0 aliphatic rings. The van der Waals surface area contributed by atoms with Gasteiger partial charge in [0, 0.05) is 6.54 Å². The van der Waals surface area contributed by atoms with Crippen molar-refractivity contribution in [3.8, 4) is 0 Å². The van der Waals surface area contributed by atoms with Crippen LogP contribution in [0.5, 0.6) is 0 Å². The van der Waals surface area contributed by atoms with E-state index in [0.29, 0.717) is 12.2 Å². The maximum absolute atomic E-state index is 13.2. The summed E-state index contributed by atoms with van der Waals surface area (Å²) in [6, 6.07) is 13.6. The second-order valence-electron chi connectivity index (χ2n) is 5.89. The van der Waals surface area contributed by atoms with Gasteiger partial charge in [0.05, 0.1) is 10.6 Å². The van der Waals surface area contributed by atoms with Crippen molar-refractivity contribution in [3.63, 3.8) is 0 Å². The lowest BCUT2D eigenvalue weighted by atomic mass is 10.1. The van der Waals surface area contributed by atoms with E-state index in [2.05, 4.69) is 5.32 Å². The first-order valence-corrected chi connectivity index (χ1v) is 9.72. The number of aryl methyl sites for hydroxylation is 1. The number of rotatable bonds is 7. The fourth-order valence-corrected chi connectivity index (χ4v) is 3.98. The minimum atomic E-state index is -3.84. The maximum atomic E-state index is 13.2. The lowest BCUT2D eigenvalue weighted by Crippen LogP contribution is -2.41. The van der Waals surface area contributed by atoms with E-state index < -0.39 is 10.0 Å². The number of nitrogens with zero attached hydrogens (tertiary/aromatic N) is 1. The average molecular weight is 360 g/mol. The molecule has 25 heavy (non-hydrogen) atoms. The molecular weight excluding hydrogens is 336 g/mol. The third kappa shape index (κ3) is 4.39. The van der Waals surface area contributed by atoms with Crippen LogP contribution >= 0.6 is 0 Å². The molecule has 134 valence electrons. The highest BCUT2D eigenvalue weighted by atomic mass is 32.2. The van der Waals surface area contributed by atoms with Gasteiger partial charge in [-0.15, -0.1) is 0 Å². The second-order valence-corrected chi connectivity index (χ2v) is 7.76. The summed E-state index contributed by atoms with van der Waals surface area (Å²) in [5, 5.41) is 2.75. The van der Waals surface area contributed by atoms with Crippen LogP contribution in [-0.4, -0.2) is 27.4 Å². The zero-order valence-corrected chi connectivity index (χ0v) is 15.6. The molecule has 0 aliphatic carbocycles. The van der Waals surface area contributed by atoms with E-state index in [1.165, 1.54) is 16.4 Å². The molecule has 0 aromatic heterocycles.